The van der Waals surface area contributed by atoms with Gasteiger partial charge in [0.25, 0.3) is 0 Å². The molecule has 0 unspecified atom stereocenters. The monoisotopic (exact) mass is 253 g/mol. The van der Waals surface area contributed by atoms with Crippen LogP contribution in [0.2, 0.25) is 0 Å². The van der Waals surface area contributed by atoms with Crippen LogP contribution in [0.1, 0.15) is 33.1 Å². The fraction of sp³-hybridized carbons (Fsp3) is 0.643. The first-order valence-corrected chi connectivity index (χ1v) is 6.31. The number of carbonyl (C=O) groups excluding carboxylic acids is 1. The third-order valence-corrected chi connectivity index (χ3v) is 3.22. The SMILES string of the molecule is CCCCC1(NC(C)=O)C=CC(OC)(OC)C=C1. The molecule has 4 nitrogen and oxygen atoms in total. The molecule has 0 bridgehead atoms. The standard InChI is InChI=1S/C14H23NO3/c1-5-6-7-13(15-12(2)16)8-10-14(17-3,18-4)11-9-13/h8-11H,5-7H2,1-4H3,(H,15,16). The number of nitrogens with one attached hydrogen (secondary N) is 1. The second-order valence-electron chi connectivity index (χ2n) is 4.62. The zero-order valence-corrected chi connectivity index (χ0v) is 11.7. The molecule has 0 aromatic rings. The number of hydrogen-bond acceptors (Lipinski definition) is 3. The first kappa shape index (κ1) is 14.9. The second-order valence-corrected chi connectivity index (χ2v) is 4.62. The largest absolute Gasteiger partial charge is 0.346 e. The molecule has 0 aliphatic heterocycles. The molecule has 0 aromatic heterocycles. The topological polar surface area (TPSA) is 47.6 Å². The zero-order valence-electron chi connectivity index (χ0n) is 11.7. The molecule has 1 aliphatic rings. The summed E-state index contributed by atoms with van der Waals surface area (Å²) in [6.45, 7) is 3.66. The van der Waals surface area contributed by atoms with Crippen LogP contribution < -0.4 is 5.32 Å². The van der Waals surface area contributed by atoms with Crippen LogP contribution in [-0.4, -0.2) is 31.5 Å². The third kappa shape index (κ3) is 3.43. The number of rotatable bonds is 6. The van der Waals surface area contributed by atoms with Gasteiger partial charge >= 0.3 is 0 Å². The molecular formula is C14H23NO3. The van der Waals surface area contributed by atoms with Gasteiger partial charge in [0.1, 0.15) is 0 Å². The quantitative estimate of drug-likeness (QED) is 0.583. The summed E-state index contributed by atoms with van der Waals surface area (Å²) in [5.74, 6) is -0.850. The number of unbranched alkanes of at least 4 members (excludes halogenated alkanes) is 1. The fourth-order valence-electron chi connectivity index (χ4n) is 2.11. The van der Waals surface area contributed by atoms with Gasteiger partial charge in [-0.3, -0.25) is 4.79 Å². The number of carbonyl (C=O) groups is 1. The summed E-state index contributed by atoms with van der Waals surface area (Å²) < 4.78 is 10.6. The van der Waals surface area contributed by atoms with Crippen molar-refractivity contribution in [3.8, 4) is 0 Å². The molecule has 0 heterocycles. The van der Waals surface area contributed by atoms with Crippen molar-refractivity contribution in [2.75, 3.05) is 14.2 Å². The van der Waals surface area contributed by atoms with Crippen molar-refractivity contribution in [3.63, 3.8) is 0 Å². The van der Waals surface area contributed by atoms with E-state index in [-0.39, 0.29) is 5.91 Å². The Balaban J connectivity index is 2.89. The minimum atomic E-state index is -0.811. The lowest BCUT2D eigenvalue weighted by atomic mass is 9.86. The molecule has 0 fully saturated rings. The number of methoxy groups -OCH3 is 2. The highest BCUT2D eigenvalue weighted by Crippen LogP contribution is 2.28. The zero-order chi connectivity index (χ0) is 13.6. The van der Waals surface area contributed by atoms with Crippen LogP contribution in [0, 0.1) is 0 Å². The second kappa shape index (κ2) is 6.16. The van der Waals surface area contributed by atoms with Gasteiger partial charge in [-0.1, -0.05) is 31.9 Å². The van der Waals surface area contributed by atoms with E-state index in [1.807, 2.05) is 24.3 Å². The number of hydrogen-bond donors (Lipinski definition) is 1. The Morgan fingerprint density at radius 1 is 1.17 bits per heavy atom. The molecule has 0 saturated carbocycles. The molecule has 0 atom stereocenters. The van der Waals surface area contributed by atoms with Gasteiger partial charge in [-0.15, -0.1) is 0 Å². The highest BCUT2D eigenvalue weighted by Gasteiger charge is 2.33. The van der Waals surface area contributed by atoms with E-state index in [2.05, 4.69) is 12.2 Å². The van der Waals surface area contributed by atoms with Gasteiger partial charge in [0.05, 0.1) is 5.54 Å². The molecule has 4 heteroatoms. The van der Waals surface area contributed by atoms with Gasteiger partial charge in [-0.2, -0.15) is 0 Å². The van der Waals surface area contributed by atoms with Crippen LogP contribution in [0.15, 0.2) is 24.3 Å². The van der Waals surface area contributed by atoms with Gasteiger partial charge < -0.3 is 14.8 Å². The Kier molecular flexibility index (Phi) is 5.11. The van der Waals surface area contributed by atoms with Gasteiger partial charge in [-0.25, -0.2) is 0 Å². The van der Waals surface area contributed by atoms with Crippen molar-refractivity contribution in [1.82, 2.24) is 5.32 Å². The maximum atomic E-state index is 11.3. The Labute approximate surface area is 109 Å². The Morgan fingerprint density at radius 3 is 2.11 bits per heavy atom. The third-order valence-electron chi connectivity index (χ3n) is 3.22. The minimum Gasteiger partial charge on any atom is -0.346 e. The van der Waals surface area contributed by atoms with Gasteiger partial charge in [0.15, 0.2) is 0 Å². The van der Waals surface area contributed by atoms with Crippen molar-refractivity contribution >= 4 is 5.91 Å². The van der Waals surface area contributed by atoms with Crippen molar-refractivity contribution in [2.45, 2.75) is 44.4 Å². The summed E-state index contributed by atoms with van der Waals surface area (Å²) in [5, 5.41) is 2.99. The van der Waals surface area contributed by atoms with E-state index in [9.17, 15) is 4.79 Å². The molecule has 0 saturated heterocycles. The van der Waals surface area contributed by atoms with Gasteiger partial charge in [0, 0.05) is 21.1 Å². The smallest absolute Gasteiger partial charge is 0.217 e. The van der Waals surface area contributed by atoms with Crippen LogP contribution in [0.5, 0.6) is 0 Å². The molecule has 1 rings (SSSR count). The van der Waals surface area contributed by atoms with Crippen molar-refractivity contribution in [3.05, 3.63) is 24.3 Å². The summed E-state index contributed by atoms with van der Waals surface area (Å²) in [5.41, 5.74) is -0.414. The average molecular weight is 253 g/mol. The molecule has 102 valence electrons. The molecule has 1 N–H and O–H groups in total. The first-order valence-electron chi connectivity index (χ1n) is 6.31. The molecule has 0 radical (unpaired) electrons. The summed E-state index contributed by atoms with van der Waals surface area (Å²) in [6, 6.07) is 0. The Bertz CT molecular complexity index is 327. The highest BCUT2D eigenvalue weighted by molar-refractivity contribution is 5.74. The van der Waals surface area contributed by atoms with Gasteiger partial charge in [0.2, 0.25) is 11.7 Å². The molecule has 18 heavy (non-hydrogen) atoms. The predicted molar refractivity (Wildman–Crippen MR) is 71.1 cm³/mol. The normalized spacial score (nSPS) is 19.8. The van der Waals surface area contributed by atoms with Crippen LogP contribution in [0.4, 0.5) is 0 Å². The van der Waals surface area contributed by atoms with E-state index in [4.69, 9.17) is 9.47 Å². The van der Waals surface area contributed by atoms with E-state index in [1.54, 1.807) is 14.2 Å². The summed E-state index contributed by atoms with van der Waals surface area (Å²) in [4.78, 5) is 11.3. The molecule has 1 amide bonds. The Hall–Kier alpha value is -1.13. The maximum Gasteiger partial charge on any atom is 0.217 e. The Morgan fingerprint density at radius 2 is 1.72 bits per heavy atom. The van der Waals surface area contributed by atoms with Crippen LogP contribution >= 0.6 is 0 Å². The van der Waals surface area contributed by atoms with Gasteiger partial charge in [-0.05, 0) is 18.6 Å². The number of ether oxygens (including phenoxy) is 2. The predicted octanol–water partition coefficient (Wildman–Crippen LogP) is 2.17. The molecule has 0 spiro atoms. The number of amides is 1. The average Bonchev–Trinajstić information content (AvgIpc) is 2.37. The summed E-state index contributed by atoms with van der Waals surface area (Å²) >= 11 is 0. The van der Waals surface area contributed by atoms with E-state index in [1.165, 1.54) is 6.92 Å². The maximum absolute atomic E-state index is 11.3. The molecule has 1 aliphatic carbocycles. The van der Waals surface area contributed by atoms with Crippen LogP contribution in [0.25, 0.3) is 0 Å². The van der Waals surface area contributed by atoms with E-state index < -0.39 is 11.3 Å². The van der Waals surface area contributed by atoms with Crippen molar-refractivity contribution in [2.24, 2.45) is 0 Å². The highest BCUT2D eigenvalue weighted by atomic mass is 16.7. The summed E-state index contributed by atoms with van der Waals surface area (Å²) in [7, 11) is 3.19. The van der Waals surface area contributed by atoms with E-state index >= 15 is 0 Å². The lowest BCUT2D eigenvalue weighted by Gasteiger charge is -2.35. The van der Waals surface area contributed by atoms with Crippen molar-refractivity contribution in [1.29, 1.82) is 0 Å². The first-order chi connectivity index (χ1) is 8.51. The lowest BCUT2D eigenvalue weighted by Crippen LogP contribution is -2.47. The molecular weight excluding hydrogens is 230 g/mol. The molecule has 0 aromatic carbocycles. The summed E-state index contributed by atoms with van der Waals surface area (Å²) in [6.07, 6.45) is 10.6. The lowest BCUT2D eigenvalue weighted by molar-refractivity contribution is -0.135. The van der Waals surface area contributed by atoms with E-state index in [0.717, 1.165) is 19.3 Å². The fourth-order valence-corrected chi connectivity index (χ4v) is 2.11. The minimum absolute atomic E-state index is 0.0391. The van der Waals surface area contributed by atoms with Crippen LogP contribution in [-0.2, 0) is 14.3 Å². The van der Waals surface area contributed by atoms with E-state index in [0.29, 0.717) is 0 Å². The van der Waals surface area contributed by atoms with Crippen molar-refractivity contribution < 1.29 is 14.3 Å². The van der Waals surface area contributed by atoms with Crippen LogP contribution in [0.3, 0.4) is 0 Å².